The first-order valence-electron chi connectivity index (χ1n) is 11.9. The van der Waals surface area contributed by atoms with Gasteiger partial charge in [0.05, 0.1) is 28.4 Å². The van der Waals surface area contributed by atoms with E-state index in [2.05, 4.69) is 20.4 Å². The van der Waals surface area contributed by atoms with E-state index >= 15 is 4.39 Å². The maximum atomic E-state index is 15.0. The zero-order valence-corrected chi connectivity index (χ0v) is 20.7. The Morgan fingerprint density at radius 3 is 2.40 bits per heavy atom. The van der Waals surface area contributed by atoms with E-state index < -0.39 is 69.2 Å². The minimum absolute atomic E-state index is 0.0336. The van der Waals surface area contributed by atoms with Gasteiger partial charge in [-0.25, -0.2) is 32.6 Å². The van der Waals surface area contributed by atoms with Gasteiger partial charge in [0, 0.05) is 31.2 Å². The van der Waals surface area contributed by atoms with Crippen LogP contribution in [0.1, 0.15) is 43.7 Å². The smallest absolute Gasteiger partial charge is 0.380 e. The van der Waals surface area contributed by atoms with Gasteiger partial charge in [-0.15, -0.1) is 0 Å². The molecule has 0 amide bonds. The van der Waals surface area contributed by atoms with E-state index in [9.17, 15) is 35.9 Å². The zero-order valence-electron chi connectivity index (χ0n) is 20.7. The van der Waals surface area contributed by atoms with Crippen molar-refractivity contribution >= 4 is 16.5 Å². The van der Waals surface area contributed by atoms with Crippen LogP contribution in [0.15, 0.2) is 46.5 Å². The van der Waals surface area contributed by atoms with Crippen molar-refractivity contribution in [2.45, 2.75) is 51.4 Å². The number of H-pyrrole nitrogens is 1. The normalized spacial score (nSPS) is 12.7. The second kappa shape index (κ2) is 11.4. The van der Waals surface area contributed by atoms with Crippen LogP contribution >= 0.6 is 0 Å². The number of anilines is 1. The summed E-state index contributed by atoms with van der Waals surface area (Å²) in [6.45, 7) is 1.75. The van der Waals surface area contributed by atoms with Crippen molar-refractivity contribution in [1.29, 1.82) is 0 Å². The van der Waals surface area contributed by atoms with Crippen molar-refractivity contribution in [3.05, 3.63) is 80.4 Å². The van der Waals surface area contributed by atoms with Crippen LogP contribution in [-0.4, -0.2) is 30.8 Å². The Balaban J connectivity index is 1.53. The first kappa shape index (κ1) is 28.7. The molecule has 4 rings (SSSR count). The van der Waals surface area contributed by atoms with Gasteiger partial charge < -0.3 is 9.88 Å². The molecule has 0 bridgehead atoms. The van der Waals surface area contributed by atoms with E-state index in [0.29, 0.717) is 6.42 Å². The van der Waals surface area contributed by atoms with Gasteiger partial charge in [0.2, 0.25) is 0 Å². The SMILES string of the molecule is CCC(CCCn1ccc2cc(-c3ncc(C(F)F)cn3)c(F)c(F)c2c1=O)Nc1cn[nH]c(=O)c1C(F)(F)F. The molecular weight excluding hydrogens is 549 g/mol. The molecule has 8 nitrogen and oxygen atoms in total. The number of halogens is 7. The molecular formula is C25H21F7N6O2. The fraction of sp³-hybridized carbons (Fsp3) is 0.320. The van der Waals surface area contributed by atoms with Gasteiger partial charge in [-0.05, 0) is 36.8 Å². The number of rotatable bonds is 9. The highest BCUT2D eigenvalue weighted by Crippen LogP contribution is 2.32. The second-order valence-corrected chi connectivity index (χ2v) is 8.85. The fourth-order valence-corrected chi connectivity index (χ4v) is 4.20. The number of fused-ring (bicyclic) bond motifs is 1. The lowest BCUT2D eigenvalue weighted by Gasteiger charge is -2.20. The summed E-state index contributed by atoms with van der Waals surface area (Å²) in [7, 11) is 0. The first-order valence-corrected chi connectivity index (χ1v) is 11.9. The minimum Gasteiger partial charge on any atom is -0.380 e. The van der Waals surface area contributed by atoms with Crippen LogP contribution < -0.4 is 16.4 Å². The maximum Gasteiger partial charge on any atom is 0.423 e. The van der Waals surface area contributed by atoms with E-state index in [1.807, 2.05) is 0 Å². The summed E-state index contributed by atoms with van der Waals surface area (Å²) in [6.07, 6.45) is -3.04. The summed E-state index contributed by atoms with van der Waals surface area (Å²) in [5, 5.41) is 7.34. The van der Waals surface area contributed by atoms with Gasteiger partial charge in [-0.2, -0.15) is 18.3 Å². The molecule has 1 unspecified atom stereocenters. The maximum absolute atomic E-state index is 15.0. The fourth-order valence-electron chi connectivity index (χ4n) is 4.20. The third-order valence-electron chi connectivity index (χ3n) is 6.25. The molecule has 0 aliphatic heterocycles. The van der Waals surface area contributed by atoms with Crippen molar-refractivity contribution < 1.29 is 30.7 Å². The number of aromatic nitrogens is 5. The van der Waals surface area contributed by atoms with Gasteiger partial charge in [0.1, 0.15) is 5.56 Å². The van der Waals surface area contributed by atoms with Gasteiger partial charge in [-0.1, -0.05) is 6.92 Å². The number of pyridine rings is 1. The Kier molecular flexibility index (Phi) is 8.21. The zero-order chi connectivity index (χ0) is 29.2. The molecule has 1 atom stereocenters. The first-order chi connectivity index (χ1) is 18.9. The molecule has 212 valence electrons. The van der Waals surface area contributed by atoms with Gasteiger partial charge in [0.15, 0.2) is 17.5 Å². The van der Waals surface area contributed by atoms with Crippen LogP contribution in [0.2, 0.25) is 0 Å². The van der Waals surface area contributed by atoms with Gasteiger partial charge in [-0.3, -0.25) is 9.59 Å². The highest BCUT2D eigenvalue weighted by molar-refractivity contribution is 5.86. The Hall–Kier alpha value is -4.30. The molecule has 1 aromatic carbocycles. The largest absolute Gasteiger partial charge is 0.423 e. The van der Waals surface area contributed by atoms with E-state index in [-0.39, 0.29) is 30.6 Å². The van der Waals surface area contributed by atoms with Crippen LogP contribution in [0.5, 0.6) is 0 Å². The number of benzene rings is 1. The summed E-state index contributed by atoms with van der Waals surface area (Å²) in [5.74, 6) is -3.22. The molecule has 0 fully saturated rings. The molecule has 0 aliphatic rings. The van der Waals surface area contributed by atoms with Crippen LogP contribution in [0.3, 0.4) is 0 Å². The molecule has 3 aromatic heterocycles. The quantitative estimate of drug-likeness (QED) is 0.260. The van der Waals surface area contributed by atoms with Crippen LogP contribution in [0.25, 0.3) is 22.2 Å². The Morgan fingerprint density at radius 2 is 1.77 bits per heavy atom. The number of alkyl halides is 5. The van der Waals surface area contributed by atoms with E-state index in [1.165, 1.54) is 12.3 Å². The third-order valence-corrected chi connectivity index (χ3v) is 6.25. The second-order valence-electron chi connectivity index (χ2n) is 8.85. The molecule has 0 spiro atoms. The molecule has 4 aromatic rings. The average molecular weight is 570 g/mol. The molecule has 0 radical (unpaired) electrons. The van der Waals surface area contributed by atoms with E-state index in [0.717, 1.165) is 29.2 Å². The van der Waals surface area contributed by atoms with Crippen molar-refractivity contribution in [3.8, 4) is 11.4 Å². The van der Waals surface area contributed by atoms with Crippen LogP contribution in [-0.2, 0) is 12.7 Å². The summed E-state index contributed by atoms with van der Waals surface area (Å²) >= 11 is 0. The summed E-state index contributed by atoms with van der Waals surface area (Å²) < 4.78 is 96.5. The summed E-state index contributed by atoms with van der Waals surface area (Å²) in [4.78, 5) is 32.0. The molecule has 0 saturated heterocycles. The standard InChI is InChI=1S/C25H21F7N6O2/c1-2-14(36-16-11-35-37-23(39)18(16)25(30,31)32)4-3-6-38-7-5-12-8-15(19(26)20(27)17(12)24(38)40)22-33-9-13(10-34-22)21(28)29/h5,7-11,14,21H,2-4,6H2,1H3,(H2,36,37,39). The summed E-state index contributed by atoms with van der Waals surface area (Å²) in [6, 6.07) is 1.99. The number of nitrogens with zero attached hydrogens (tertiary/aromatic N) is 4. The van der Waals surface area contributed by atoms with Crippen LogP contribution in [0, 0.1) is 11.6 Å². The lowest BCUT2D eigenvalue weighted by atomic mass is 10.1. The molecule has 15 heteroatoms. The number of hydrogen-bond donors (Lipinski definition) is 2. The number of hydrogen-bond acceptors (Lipinski definition) is 6. The molecule has 2 N–H and O–H groups in total. The number of aromatic amines is 1. The molecule has 0 aliphatic carbocycles. The topological polar surface area (TPSA) is 106 Å². The lowest BCUT2D eigenvalue weighted by molar-refractivity contribution is -0.138. The predicted octanol–water partition coefficient (Wildman–Crippen LogP) is 5.45. The van der Waals surface area contributed by atoms with Crippen molar-refractivity contribution in [1.82, 2.24) is 24.7 Å². The van der Waals surface area contributed by atoms with Crippen LogP contribution in [0.4, 0.5) is 36.4 Å². The number of nitrogens with one attached hydrogen (secondary N) is 2. The van der Waals surface area contributed by atoms with Gasteiger partial charge in [0.25, 0.3) is 17.5 Å². The van der Waals surface area contributed by atoms with Crippen molar-refractivity contribution in [3.63, 3.8) is 0 Å². The van der Waals surface area contributed by atoms with E-state index in [4.69, 9.17) is 0 Å². The summed E-state index contributed by atoms with van der Waals surface area (Å²) in [5.41, 5.74) is -5.01. The average Bonchev–Trinajstić information content (AvgIpc) is 2.90. The van der Waals surface area contributed by atoms with E-state index in [1.54, 1.807) is 12.0 Å². The highest BCUT2D eigenvalue weighted by atomic mass is 19.4. The minimum atomic E-state index is -4.91. The highest BCUT2D eigenvalue weighted by Gasteiger charge is 2.37. The molecule has 3 heterocycles. The Morgan fingerprint density at radius 1 is 1.07 bits per heavy atom. The van der Waals surface area contributed by atoms with Crippen molar-refractivity contribution in [2.24, 2.45) is 0 Å². The third kappa shape index (κ3) is 5.82. The Bertz CT molecular complexity index is 1630. The lowest BCUT2D eigenvalue weighted by Crippen LogP contribution is -2.28. The molecule has 0 saturated carbocycles. The van der Waals surface area contributed by atoms with Gasteiger partial charge >= 0.3 is 6.18 Å². The Labute approximate surface area is 220 Å². The number of aryl methyl sites for hydroxylation is 1. The van der Waals surface area contributed by atoms with Crippen molar-refractivity contribution in [2.75, 3.05) is 5.32 Å². The monoisotopic (exact) mass is 570 g/mol. The molecule has 40 heavy (non-hydrogen) atoms. The predicted molar refractivity (Wildman–Crippen MR) is 131 cm³/mol.